The number of anilines is 2. The van der Waals surface area contributed by atoms with Crippen molar-refractivity contribution in [3.8, 4) is 0 Å². The van der Waals surface area contributed by atoms with Crippen molar-refractivity contribution in [2.45, 2.75) is 0 Å². The monoisotopic (exact) mass is 186 g/mol. The van der Waals surface area contributed by atoms with E-state index in [0.717, 1.165) is 5.69 Å². The predicted molar refractivity (Wildman–Crippen MR) is 63.0 cm³/mol. The third-order valence-electron chi connectivity index (χ3n) is 2.44. The second-order valence-electron chi connectivity index (χ2n) is 3.24. The lowest BCUT2D eigenvalue weighted by molar-refractivity contribution is 1.51. The molecule has 2 aromatic rings. The summed E-state index contributed by atoms with van der Waals surface area (Å²) in [7, 11) is 3.88. The molecule has 2 N–H and O–H groups in total. The van der Waals surface area contributed by atoms with Crippen LogP contribution in [0.1, 0.15) is 0 Å². The summed E-state index contributed by atoms with van der Waals surface area (Å²) < 4.78 is 0. The predicted octanol–water partition coefficient (Wildman–Crippen LogP) is 2.92. The Morgan fingerprint density at radius 2 is 1.79 bits per heavy atom. The number of hydrogen-bond donors (Lipinski definition) is 2. The summed E-state index contributed by atoms with van der Waals surface area (Å²) in [5, 5.41) is 8.85. The van der Waals surface area contributed by atoms with Crippen LogP contribution in [0.5, 0.6) is 0 Å². The van der Waals surface area contributed by atoms with Crippen LogP contribution in [0.15, 0.2) is 36.4 Å². The lowest BCUT2D eigenvalue weighted by atomic mass is 10.1. The third kappa shape index (κ3) is 1.39. The van der Waals surface area contributed by atoms with Gasteiger partial charge in [0.05, 0.1) is 0 Å². The fourth-order valence-corrected chi connectivity index (χ4v) is 1.65. The third-order valence-corrected chi connectivity index (χ3v) is 2.44. The van der Waals surface area contributed by atoms with Crippen LogP contribution in [0.3, 0.4) is 0 Å². The lowest BCUT2D eigenvalue weighted by Gasteiger charge is -2.07. The van der Waals surface area contributed by atoms with Gasteiger partial charge in [0.2, 0.25) is 0 Å². The van der Waals surface area contributed by atoms with Gasteiger partial charge in [0.25, 0.3) is 0 Å². The SMILES string of the molecule is CNc1ccc2cccc(NC)c2c1. The van der Waals surface area contributed by atoms with Gasteiger partial charge in [-0.15, -0.1) is 0 Å². The maximum Gasteiger partial charge on any atom is 0.0418 e. The van der Waals surface area contributed by atoms with E-state index >= 15 is 0 Å². The Morgan fingerprint density at radius 3 is 2.50 bits per heavy atom. The van der Waals surface area contributed by atoms with E-state index < -0.39 is 0 Å². The van der Waals surface area contributed by atoms with E-state index in [9.17, 15) is 0 Å². The molecule has 0 aliphatic rings. The number of nitrogens with one attached hydrogen (secondary N) is 2. The molecular formula is C12H14N2. The molecule has 0 aliphatic carbocycles. The molecule has 0 heterocycles. The highest BCUT2D eigenvalue weighted by molar-refractivity contribution is 5.95. The zero-order valence-electron chi connectivity index (χ0n) is 8.46. The fraction of sp³-hybridized carbons (Fsp3) is 0.167. The number of rotatable bonds is 2. The van der Waals surface area contributed by atoms with Gasteiger partial charge in [-0.2, -0.15) is 0 Å². The topological polar surface area (TPSA) is 24.1 Å². The van der Waals surface area contributed by atoms with E-state index in [4.69, 9.17) is 0 Å². The highest BCUT2D eigenvalue weighted by Crippen LogP contribution is 2.25. The first kappa shape index (κ1) is 8.88. The van der Waals surface area contributed by atoms with Crippen molar-refractivity contribution in [2.75, 3.05) is 24.7 Å². The molecule has 0 radical (unpaired) electrons. The minimum atomic E-state index is 1.14. The second kappa shape index (κ2) is 3.58. The summed E-state index contributed by atoms with van der Waals surface area (Å²) >= 11 is 0. The van der Waals surface area contributed by atoms with Crippen LogP contribution in [0, 0.1) is 0 Å². The molecule has 72 valence electrons. The van der Waals surface area contributed by atoms with Gasteiger partial charge in [0.15, 0.2) is 0 Å². The molecule has 0 saturated carbocycles. The summed E-state index contributed by atoms with van der Waals surface area (Å²) in [4.78, 5) is 0. The summed E-state index contributed by atoms with van der Waals surface area (Å²) in [5.41, 5.74) is 2.31. The van der Waals surface area contributed by atoms with Crippen LogP contribution < -0.4 is 10.6 Å². The van der Waals surface area contributed by atoms with E-state index in [1.165, 1.54) is 16.5 Å². The molecule has 0 spiro atoms. The Balaban J connectivity index is 2.70. The molecule has 0 unspecified atom stereocenters. The van der Waals surface area contributed by atoms with E-state index in [-0.39, 0.29) is 0 Å². The largest absolute Gasteiger partial charge is 0.388 e. The second-order valence-corrected chi connectivity index (χ2v) is 3.24. The van der Waals surface area contributed by atoms with Crippen molar-refractivity contribution in [2.24, 2.45) is 0 Å². The van der Waals surface area contributed by atoms with Gasteiger partial charge in [-0.3, -0.25) is 0 Å². The maximum atomic E-state index is 3.19. The number of hydrogen-bond acceptors (Lipinski definition) is 2. The molecule has 2 aromatic carbocycles. The van der Waals surface area contributed by atoms with Gasteiger partial charge in [0, 0.05) is 30.9 Å². The van der Waals surface area contributed by atoms with Crippen molar-refractivity contribution in [1.82, 2.24) is 0 Å². The van der Waals surface area contributed by atoms with Crippen LogP contribution in [0.2, 0.25) is 0 Å². The highest BCUT2D eigenvalue weighted by atomic mass is 14.8. The van der Waals surface area contributed by atoms with Crippen molar-refractivity contribution in [3.63, 3.8) is 0 Å². The molecule has 0 aliphatic heterocycles. The quantitative estimate of drug-likeness (QED) is 0.753. The molecule has 0 aromatic heterocycles. The van der Waals surface area contributed by atoms with Crippen LogP contribution >= 0.6 is 0 Å². The van der Waals surface area contributed by atoms with Crippen molar-refractivity contribution >= 4 is 22.1 Å². The molecule has 0 bridgehead atoms. The van der Waals surface area contributed by atoms with E-state index in [1.54, 1.807) is 0 Å². The van der Waals surface area contributed by atoms with Gasteiger partial charge >= 0.3 is 0 Å². The van der Waals surface area contributed by atoms with Gasteiger partial charge in [-0.25, -0.2) is 0 Å². The number of fused-ring (bicyclic) bond motifs is 1. The molecule has 2 nitrogen and oxygen atoms in total. The van der Waals surface area contributed by atoms with Crippen molar-refractivity contribution < 1.29 is 0 Å². The zero-order valence-corrected chi connectivity index (χ0v) is 8.46. The van der Waals surface area contributed by atoms with E-state index in [1.807, 2.05) is 14.1 Å². The summed E-state index contributed by atoms with van der Waals surface area (Å²) in [6, 6.07) is 12.6. The van der Waals surface area contributed by atoms with Crippen molar-refractivity contribution in [3.05, 3.63) is 36.4 Å². The smallest absolute Gasteiger partial charge is 0.0418 e. The van der Waals surface area contributed by atoms with Gasteiger partial charge in [-0.1, -0.05) is 18.2 Å². The van der Waals surface area contributed by atoms with Gasteiger partial charge in [-0.05, 0) is 23.6 Å². The molecule has 2 heteroatoms. The molecule has 0 fully saturated rings. The van der Waals surface area contributed by atoms with Crippen LogP contribution in [-0.4, -0.2) is 14.1 Å². The zero-order chi connectivity index (χ0) is 9.97. The van der Waals surface area contributed by atoms with Gasteiger partial charge < -0.3 is 10.6 Å². The first-order valence-electron chi connectivity index (χ1n) is 4.73. The van der Waals surface area contributed by atoms with Crippen LogP contribution in [0.4, 0.5) is 11.4 Å². The first-order chi connectivity index (χ1) is 6.85. The lowest BCUT2D eigenvalue weighted by Crippen LogP contribution is -1.91. The van der Waals surface area contributed by atoms with Crippen LogP contribution in [0.25, 0.3) is 10.8 Å². The van der Waals surface area contributed by atoms with Crippen LogP contribution in [-0.2, 0) is 0 Å². The molecule has 2 rings (SSSR count). The number of benzene rings is 2. The summed E-state index contributed by atoms with van der Waals surface area (Å²) in [5.74, 6) is 0. The molecule has 14 heavy (non-hydrogen) atoms. The molecule has 0 saturated heterocycles. The maximum absolute atomic E-state index is 3.19. The molecular weight excluding hydrogens is 172 g/mol. The standard InChI is InChI=1S/C12H14N2/c1-13-10-7-6-9-4-3-5-12(14-2)11(9)8-10/h3-8,13-14H,1-2H3. The first-order valence-corrected chi connectivity index (χ1v) is 4.73. The Kier molecular flexibility index (Phi) is 2.27. The average Bonchev–Trinajstić information content (AvgIpc) is 2.27. The fourth-order valence-electron chi connectivity index (χ4n) is 1.65. The van der Waals surface area contributed by atoms with E-state index in [0.29, 0.717) is 0 Å². The normalized spacial score (nSPS) is 10.1. The Labute approximate surface area is 83.9 Å². The Morgan fingerprint density at radius 1 is 0.929 bits per heavy atom. The minimum absolute atomic E-state index is 1.14. The Hall–Kier alpha value is -1.70. The summed E-state index contributed by atoms with van der Waals surface area (Å²) in [6.45, 7) is 0. The van der Waals surface area contributed by atoms with Crippen molar-refractivity contribution in [1.29, 1.82) is 0 Å². The highest BCUT2D eigenvalue weighted by Gasteiger charge is 1.99. The Bertz CT molecular complexity index is 449. The molecule has 0 atom stereocenters. The molecule has 0 amide bonds. The van der Waals surface area contributed by atoms with Gasteiger partial charge in [0.1, 0.15) is 0 Å². The average molecular weight is 186 g/mol. The summed E-state index contributed by atoms with van der Waals surface area (Å²) in [6.07, 6.45) is 0. The van der Waals surface area contributed by atoms with E-state index in [2.05, 4.69) is 47.0 Å². The minimum Gasteiger partial charge on any atom is -0.388 e.